The summed E-state index contributed by atoms with van der Waals surface area (Å²) < 4.78 is 12.8. The molecule has 120 valence electrons. The van der Waals surface area contributed by atoms with Crippen LogP contribution in [0.2, 0.25) is 0 Å². The predicted octanol–water partition coefficient (Wildman–Crippen LogP) is 4.07. The van der Waals surface area contributed by atoms with E-state index in [9.17, 15) is 4.79 Å². The van der Waals surface area contributed by atoms with Crippen molar-refractivity contribution in [3.8, 4) is 0 Å². The van der Waals surface area contributed by atoms with Gasteiger partial charge in [-0.15, -0.1) is 23.1 Å². The SMILES string of the molecule is CCOC(=O)c1sc(SC)c2c1CCC1(C2)OCCC12CC2. The number of rotatable bonds is 3. The summed E-state index contributed by atoms with van der Waals surface area (Å²) in [6.07, 6.45) is 9.00. The molecule has 5 heteroatoms. The Morgan fingerprint density at radius 1 is 1.32 bits per heavy atom. The molecule has 0 amide bonds. The Bertz CT molecular complexity index is 618. The third-order valence-corrected chi connectivity index (χ3v) is 8.16. The standard InChI is InChI=1S/C17H22O3S2/c1-3-19-14(18)13-11-4-5-17(10-12(11)15(21-2)22-13)16(6-7-16)8-9-20-17/h3-10H2,1-2H3. The van der Waals surface area contributed by atoms with Gasteiger partial charge in [0, 0.05) is 18.4 Å². The van der Waals surface area contributed by atoms with Gasteiger partial charge in [0.25, 0.3) is 0 Å². The molecule has 1 atom stereocenters. The summed E-state index contributed by atoms with van der Waals surface area (Å²) in [6.45, 7) is 3.22. The fraction of sp³-hybridized carbons (Fsp3) is 0.706. The zero-order valence-corrected chi connectivity index (χ0v) is 14.8. The molecule has 1 saturated heterocycles. The van der Waals surface area contributed by atoms with E-state index in [1.165, 1.54) is 34.6 Å². The molecule has 0 bridgehead atoms. The lowest BCUT2D eigenvalue weighted by atomic mass is 9.72. The summed E-state index contributed by atoms with van der Waals surface area (Å²) in [5.74, 6) is -0.145. The molecule has 1 aromatic heterocycles. The summed E-state index contributed by atoms with van der Waals surface area (Å²) in [6, 6.07) is 0. The molecule has 1 saturated carbocycles. The molecule has 2 heterocycles. The van der Waals surface area contributed by atoms with E-state index < -0.39 is 0 Å². The maximum absolute atomic E-state index is 12.2. The molecule has 22 heavy (non-hydrogen) atoms. The van der Waals surface area contributed by atoms with Crippen LogP contribution in [0.5, 0.6) is 0 Å². The number of thiophene rings is 1. The van der Waals surface area contributed by atoms with Crippen molar-refractivity contribution < 1.29 is 14.3 Å². The van der Waals surface area contributed by atoms with Gasteiger partial charge >= 0.3 is 5.97 Å². The Balaban J connectivity index is 1.71. The number of esters is 1. The predicted molar refractivity (Wildman–Crippen MR) is 89.0 cm³/mol. The quantitative estimate of drug-likeness (QED) is 0.615. The normalized spacial score (nSPS) is 28.1. The van der Waals surface area contributed by atoms with Crippen molar-refractivity contribution in [1.29, 1.82) is 0 Å². The lowest BCUT2D eigenvalue weighted by Crippen LogP contribution is -2.42. The van der Waals surface area contributed by atoms with Crippen LogP contribution in [0.25, 0.3) is 0 Å². The number of hydrogen-bond acceptors (Lipinski definition) is 5. The highest BCUT2D eigenvalue weighted by molar-refractivity contribution is 8.00. The number of carbonyl (C=O) groups excluding carboxylic acids is 1. The highest BCUT2D eigenvalue weighted by atomic mass is 32.2. The number of fused-ring (bicyclic) bond motifs is 2. The van der Waals surface area contributed by atoms with E-state index in [1.807, 2.05) is 6.92 Å². The fourth-order valence-electron chi connectivity index (χ4n) is 4.40. The zero-order valence-electron chi connectivity index (χ0n) is 13.2. The minimum Gasteiger partial charge on any atom is -0.462 e. The van der Waals surface area contributed by atoms with Gasteiger partial charge in [-0.05, 0) is 56.4 Å². The fourth-order valence-corrected chi connectivity index (χ4v) is 6.42. The van der Waals surface area contributed by atoms with Crippen molar-refractivity contribution in [3.05, 3.63) is 16.0 Å². The molecular formula is C17H22O3S2. The second kappa shape index (κ2) is 5.25. The molecule has 4 rings (SSSR count). The Morgan fingerprint density at radius 3 is 2.82 bits per heavy atom. The molecule has 2 fully saturated rings. The molecule has 1 aliphatic heterocycles. The average molecular weight is 338 g/mol. The first kappa shape index (κ1) is 15.0. The number of carbonyl (C=O) groups is 1. The van der Waals surface area contributed by atoms with Gasteiger partial charge in [-0.3, -0.25) is 0 Å². The topological polar surface area (TPSA) is 35.5 Å². The van der Waals surface area contributed by atoms with E-state index in [4.69, 9.17) is 9.47 Å². The Hall–Kier alpha value is -0.520. The molecule has 0 N–H and O–H groups in total. The second-order valence-electron chi connectivity index (χ2n) is 6.65. The van der Waals surface area contributed by atoms with Crippen LogP contribution in [0.3, 0.4) is 0 Å². The molecule has 0 radical (unpaired) electrons. The van der Waals surface area contributed by atoms with Crippen LogP contribution in [0.1, 0.15) is 53.4 Å². The minimum absolute atomic E-state index is 0.0531. The molecule has 0 aromatic carbocycles. The van der Waals surface area contributed by atoms with E-state index in [0.29, 0.717) is 12.0 Å². The molecule has 1 aromatic rings. The maximum atomic E-state index is 12.2. The van der Waals surface area contributed by atoms with Crippen LogP contribution in [0.4, 0.5) is 0 Å². The van der Waals surface area contributed by atoms with Crippen molar-refractivity contribution in [2.24, 2.45) is 5.41 Å². The first-order chi connectivity index (χ1) is 10.6. The molecule has 1 unspecified atom stereocenters. The minimum atomic E-state index is -0.145. The highest BCUT2D eigenvalue weighted by Crippen LogP contribution is 2.65. The van der Waals surface area contributed by atoms with Gasteiger partial charge < -0.3 is 9.47 Å². The van der Waals surface area contributed by atoms with Gasteiger partial charge in [0.2, 0.25) is 0 Å². The van der Waals surface area contributed by atoms with Crippen LogP contribution in [-0.4, -0.2) is 31.0 Å². The van der Waals surface area contributed by atoms with E-state index in [-0.39, 0.29) is 11.6 Å². The van der Waals surface area contributed by atoms with Crippen molar-refractivity contribution in [2.45, 2.75) is 55.3 Å². The van der Waals surface area contributed by atoms with Crippen LogP contribution in [0.15, 0.2) is 4.21 Å². The van der Waals surface area contributed by atoms with Gasteiger partial charge in [0.15, 0.2) is 0 Å². The second-order valence-corrected chi connectivity index (χ2v) is 8.75. The Kier molecular flexibility index (Phi) is 3.59. The monoisotopic (exact) mass is 338 g/mol. The smallest absolute Gasteiger partial charge is 0.348 e. The lowest BCUT2D eigenvalue weighted by Gasteiger charge is -2.39. The third-order valence-electron chi connectivity index (χ3n) is 5.75. The summed E-state index contributed by atoms with van der Waals surface area (Å²) >= 11 is 3.38. The van der Waals surface area contributed by atoms with Crippen LogP contribution in [-0.2, 0) is 22.3 Å². The Labute approximate surface area is 139 Å². The molecule has 3 nitrogen and oxygen atoms in total. The van der Waals surface area contributed by atoms with Crippen LogP contribution >= 0.6 is 23.1 Å². The molecule has 2 aliphatic carbocycles. The van der Waals surface area contributed by atoms with Gasteiger partial charge in [0.1, 0.15) is 4.88 Å². The van der Waals surface area contributed by atoms with Crippen LogP contribution < -0.4 is 0 Å². The summed E-state index contributed by atoms with van der Waals surface area (Å²) in [7, 11) is 0. The first-order valence-corrected chi connectivity index (χ1v) is 10.2. The summed E-state index contributed by atoms with van der Waals surface area (Å²) in [5, 5.41) is 0. The van der Waals surface area contributed by atoms with Crippen LogP contribution in [0, 0.1) is 5.41 Å². The van der Waals surface area contributed by atoms with Crippen molar-refractivity contribution in [3.63, 3.8) is 0 Å². The molecular weight excluding hydrogens is 316 g/mol. The first-order valence-electron chi connectivity index (χ1n) is 8.14. The van der Waals surface area contributed by atoms with Crippen molar-refractivity contribution in [1.82, 2.24) is 0 Å². The van der Waals surface area contributed by atoms with E-state index in [1.54, 1.807) is 23.1 Å². The maximum Gasteiger partial charge on any atom is 0.348 e. The van der Waals surface area contributed by atoms with Gasteiger partial charge in [-0.25, -0.2) is 4.79 Å². The highest BCUT2D eigenvalue weighted by Gasteiger charge is 2.63. The largest absolute Gasteiger partial charge is 0.462 e. The lowest BCUT2D eigenvalue weighted by molar-refractivity contribution is -0.0409. The average Bonchev–Trinajstić information content (AvgIpc) is 3.11. The van der Waals surface area contributed by atoms with Gasteiger partial charge in [0.05, 0.1) is 16.4 Å². The summed E-state index contributed by atoms with van der Waals surface area (Å²) in [5.41, 5.74) is 3.12. The number of thioether (sulfide) groups is 1. The van der Waals surface area contributed by atoms with Gasteiger partial charge in [-0.2, -0.15) is 0 Å². The van der Waals surface area contributed by atoms with E-state index in [0.717, 1.165) is 30.7 Å². The van der Waals surface area contributed by atoms with E-state index in [2.05, 4.69) is 6.26 Å². The van der Waals surface area contributed by atoms with E-state index >= 15 is 0 Å². The summed E-state index contributed by atoms with van der Waals surface area (Å²) in [4.78, 5) is 13.1. The number of ether oxygens (including phenoxy) is 2. The van der Waals surface area contributed by atoms with Crippen molar-refractivity contribution in [2.75, 3.05) is 19.5 Å². The number of hydrogen-bond donors (Lipinski definition) is 0. The van der Waals surface area contributed by atoms with Crippen molar-refractivity contribution >= 4 is 29.1 Å². The third kappa shape index (κ3) is 2.01. The Morgan fingerprint density at radius 2 is 2.14 bits per heavy atom. The molecule has 3 aliphatic rings. The molecule has 2 spiro atoms. The zero-order chi connectivity index (χ0) is 15.4. The van der Waals surface area contributed by atoms with Gasteiger partial charge in [-0.1, -0.05) is 0 Å².